The second-order valence-corrected chi connectivity index (χ2v) is 6.07. The Kier molecular flexibility index (Phi) is 3.29. The van der Waals surface area contributed by atoms with E-state index in [9.17, 15) is 0 Å². The lowest BCUT2D eigenvalue weighted by Gasteiger charge is -2.33. The fourth-order valence-electron chi connectivity index (χ4n) is 3.53. The standard InChI is InChI=1S/C18H20N4/c1-13-17(12-20-21-13)15-7-10-22(11-8-15)18-16-5-3-2-4-14(16)6-9-19-18/h2-6,9,12,15H,7-8,10-11H2,1H3,(H,20,21). The number of fused-ring (bicyclic) bond motifs is 1. The Morgan fingerprint density at radius 2 is 1.95 bits per heavy atom. The van der Waals surface area contributed by atoms with Crippen molar-refractivity contribution in [1.29, 1.82) is 0 Å². The third kappa shape index (κ3) is 2.25. The van der Waals surface area contributed by atoms with Gasteiger partial charge in [-0.3, -0.25) is 5.10 Å². The van der Waals surface area contributed by atoms with Crippen molar-refractivity contribution in [3.63, 3.8) is 0 Å². The number of rotatable bonds is 2. The lowest BCUT2D eigenvalue weighted by molar-refractivity contribution is 0.502. The van der Waals surface area contributed by atoms with E-state index in [4.69, 9.17) is 0 Å². The maximum atomic E-state index is 4.64. The van der Waals surface area contributed by atoms with Gasteiger partial charge in [0, 0.05) is 30.4 Å². The minimum absolute atomic E-state index is 0.616. The zero-order valence-electron chi connectivity index (χ0n) is 12.8. The van der Waals surface area contributed by atoms with E-state index < -0.39 is 0 Å². The molecule has 1 aliphatic heterocycles. The number of hydrogen-bond donors (Lipinski definition) is 1. The Morgan fingerprint density at radius 3 is 2.73 bits per heavy atom. The van der Waals surface area contributed by atoms with Crippen LogP contribution < -0.4 is 4.90 Å². The quantitative estimate of drug-likeness (QED) is 0.784. The average Bonchev–Trinajstić information content (AvgIpc) is 3.01. The molecule has 3 aromatic rings. The molecular weight excluding hydrogens is 272 g/mol. The van der Waals surface area contributed by atoms with E-state index in [1.807, 2.05) is 12.4 Å². The van der Waals surface area contributed by atoms with E-state index in [0.717, 1.165) is 31.7 Å². The van der Waals surface area contributed by atoms with Crippen molar-refractivity contribution in [3.8, 4) is 0 Å². The third-order valence-electron chi connectivity index (χ3n) is 4.76. The Morgan fingerprint density at radius 1 is 1.14 bits per heavy atom. The largest absolute Gasteiger partial charge is 0.356 e. The summed E-state index contributed by atoms with van der Waals surface area (Å²) in [6, 6.07) is 10.6. The second-order valence-electron chi connectivity index (χ2n) is 6.07. The summed E-state index contributed by atoms with van der Waals surface area (Å²) in [5.41, 5.74) is 2.59. The molecular formula is C18H20N4. The highest BCUT2D eigenvalue weighted by molar-refractivity contribution is 5.92. The first-order chi connectivity index (χ1) is 10.8. The van der Waals surface area contributed by atoms with Gasteiger partial charge in [0.1, 0.15) is 5.82 Å². The summed E-state index contributed by atoms with van der Waals surface area (Å²) in [5, 5.41) is 9.74. The molecule has 0 saturated carbocycles. The number of hydrogen-bond acceptors (Lipinski definition) is 3. The number of benzene rings is 1. The number of aromatic nitrogens is 3. The Labute approximate surface area is 130 Å². The van der Waals surface area contributed by atoms with Crippen molar-refractivity contribution in [3.05, 3.63) is 54.0 Å². The van der Waals surface area contributed by atoms with Crippen LogP contribution in [0.25, 0.3) is 10.8 Å². The summed E-state index contributed by atoms with van der Waals surface area (Å²) in [4.78, 5) is 7.07. The normalized spacial score (nSPS) is 16.3. The van der Waals surface area contributed by atoms with Crippen LogP contribution in [0.5, 0.6) is 0 Å². The number of H-pyrrole nitrogens is 1. The van der Waals surface area contributed by atoms with Crippen molar-refractivity contribution in [2.45, 2.75) is 25.7 Å². The predicted molar refractivity (Wildman–Crippen MR) is 89.3 cm³/mol. The van der Waals surface area contributed by atoms with Crippen LogP contribution in [-0.2, 0) is 0 Å². The van der Waals surface area contributed by atoms with Gasteiger partial charge in [-0.2, -0.15) is 5.10 Å². The van der Waals surface area contributed by atoms with Gasteiger partial charge in [0.05, 0.1) is 6.20 Å². The van der Waals surface area contributed by atoms with Crippen molar-refractivity contribution in [1.82, 2.24) is 15.2 Å². The third-order valence-corrected chi connectivity index (χ3v) is 4.76. The lowest BCUT2D eigenvalue weighted by Crippen LogP contribution is -2.33. The number of aromatic amines is 1. The smallest absolute Gasteiger partial charge is 0.136 e. The summed E-state index contributed by atoms with van der Waals surface area (Å²) in [7, 11) is 0. The highest BCUT2D eigenvalue weighted by Gasteiger charge is 2.24. The number of piperidine rings is 1. The molecule has 0 spiro atoms. The Balaban J connectivity index is 1.57. The molecule has 4 heteroatoms. The van der Waals surface area contributed by atoms with E-state index in [-0.39, 0.29) is 0 Å². The molecule has 0 bridgehead atoms. The van der Waals surface area contributed by atoms with Crippen molar-refractivity contribution >= 4 is 16.6 Å². The molecule has 1 N–H and O–H groups in total. The highest BCUT2D eigenvalue weighted by atomic mass is 15.2. The molecule has 0 aliphatic carbocycles. The van der Waals surface area contributed by atoms with Crippen molar-refractivity contribution in [2.75, 3.05) is 18.0 Å². The van der Waals surface area contributed by atoms with E-state index in [2.05, 4.69) is 57.3 Å². The molecule has 0 atom stereocenters. The van der Waals surface area contributed by atoms with Crippen LogP contribution in [0.1, 0.15) is 30.0 Å². The Bertz CT molecular complexity index is 779. The molecule has 2 aromatic heterocycles. The van der Waals surface area contributed by atoms with Gasteiger partial charge in [0.15, 0.2) is 0 Å². The van der Waals surface area contributed by atoms with Crippen LogP contribution in [0.2, 0.25) is 0 Å². The topological polar surface area (TPSA) is 44.8 Å². The molecule has 0 unspecified atom stereocenters. The van der Waals surface area contributed by atoms with E-state index in [0.29, 0.717) is 5.92 Å². The molecule has 22 heavy (non-hydrogen) atoms. The van der Waals surface area contributed by atoms with E-state index in [1.54, 1.807) is 0 Å². The van der Waals surface area contributed by atoms with Gasteiger partial charge in [-0.1, -0.05) is 24.3 Å². The Hall–Kier alpha value is -2.36. The maximum Gasteiger partial charge on any atom is 0.136 e. The van der Waals surface area contributed by atoms with Gasteiger partial charge in [-0.05, 0) is 42.7 Å². The molecule has 1 aliphatic rings. The first kappa shape index (κ1) is 13.3. The molecule has 4 nitrogen and oxygen atoms in total. The molecule has 0 amide bonds. The summed E-state index contributed by atoms with van der Waals surface area (Å²) in [6.45, 7) is 4.22. The molecule has 0 radical (unpaired) electrons. The molecule has 112 valence electrons. The van der Waals surface area contributed by atoms with Crippen LogP contribution in [-0.4, -0.2) is 28.3 Å². The van der Waals surface area contributed by atoms with Crippen LogP contribution in [0, 0.1) is 6.92 Å². The van der Waals surface area contributed by atoms with Gasteiger partial charge in [0.2, 0.25) is 0 Å². The number of anilines is 1. The summed E-state index contributed by atoms with van der Waals surface area (Å²) in [5.74, 6) is 1.74. The van der Waals surface area contributed by atoms with Crippen molar-refractivity contribution in [2.24, 2.45) is 0 Å². The predicted octanol–water partition coefficient (Wildman–Crippen LogP) is 3.65. The van der Waals surface area contributed by atoms with Crippen molar-refractivity contribution < 1.29 is 0 Å². The summed E-state index contributed by atoms with van der Waals surface area (Å²) in [6.07, 6.45) is 6.23. The van der Waals surface area contributed by atoms with Gasteiger partial charge >= 0.3 is 0 Å². The first-order valence-corrected chi connectivity index (χ1v) is 7.91. The minimum atomic E-state index is 0.616. The van der Waals surface area contributed by atoms with Gasteiger partial charge in [0.25, 0.3) is 0 Å². The molecule has 1 aromatic carbocycles. The lowest BCUT2D eigenvalue weighted by atomic mass is 9.90. The second kappa shape index (κ2) is 5.44. The number of pyridine rings is 1. The summed E-state index contributed by atoms with van der Waals surface area (Å²) < 4.78 is 0. The fourth-order valence-corrected chi connectivity index (χ4v) is 3.53. The van der Waals surface area contributed by atoms with Gasteiger partial charge < -0.3 is 4.90 Å². The monoisotopic (exact) mass is 292 g/mol. The molecule has 3 heterocycles. The van der Waals surface area contributed by atoms with Crippen LogP contribution in [0.3, 0.4) is 0 Å². The van der Waals surface area contributed by atoms with Crippen LogP contribution in [0.15, 0.2) is 42.7 Å². The van der Waals surface area contributed by atoms with Crippen LogP contribution >= 0.6 is 0 Å². The highest BCUT2D eigenvalue weighted by Crippen LogP contribution is 2.33. The van der Waals surface area contributed by atoms with Gasteiger partial charge in [-0.15, -0.1) is 0 Å². The molecule has 1 saturated heterocycles. The minimum Gasteiger partial charge on any atom is -0.356 e. The zero-order valence-corrected chi connectivity index (χ0v) is 12.8. The zero-order chi connectivity index (χ0) is 14.9. The number of nitrogens with zero attached hydrogens (tertiary/aromatic N) is 3. The average molecular weight is 292 g/mol. The molecule has 4 rings (SSSR count). The summed E-state index contributed by atoms with van der Waals surface area (Å²) >= 11 is 0. The van der Waals surface area contributed by atoms with E-state index in [1.165, 1.54) is 22.0 Å². The van der Waals surface area contributed by atoms with Crippen LogP contribution in [0.4, 0.5) is 5.82 Å². The first-order valence-electron chi connectivity index (χ1n) is 7.91. The SMILES string of the molecule is Cc1[nH]ncc1C1CCN(c2nccc3ccccc23)CC1. The van der Waals surface area contributed by atoms with Gasteiger partial charge in [-0.25, -0.2) is 4.98 Å². The molecule has 1 fully saturated rings. The number of nitrogens with one attached hydrogen (secondary N) is 1. The maximum absolute atomic E-state index is 4.64. The number of aryl methyl sites for hydroxylation is 1. The van der Waals surface area contributed by atoms with E-state index >= 15 is 0 Å². The fraction of sp³-hybridized carbons (Fsp3) is 0.333.